The van der Waals surface area contributed by atoms with Crippen molar-refractivity contribution in [1.29, 1.82) is 0 Å². The van der Waals surface area contributed by atoms with E-state index in [0.29, 0.717) is 12.5 Å². The maximum absolute atomic E-state index is 5.68. The van der Waals surface area contributed by atoms with E-state index in [1.165, 1.54) is 22.3 Å². The van der Waals surface area contributed by atoms with E-state index >= 15 is 0 Å². The fraction of sp³-hybridized carbons (Fsp3) is 0.438. The number of rotatable bonds is 4. The summed E-state index contributed by atoms with van der Waals surface area (Å²) in [6, 6.07) is 6.70. The Balaban J connectivity index is 2.57. The number of aromatic nitrogens is 2. The van der Waals surface area contributed by atoms with Crippen LogP contribution in [0.5, 0.6) is 0 Å². The van der Waals surface area contributed by atoms with Crippen molar-refractivity contribution in [3.63, 3.8) is 0 Å². The molecule has 0 fully saturated rings. The van der Waals surface area contributed by atoms with E-state index < -0.39 is 0 Å². The van der Waals surface area contributed by atoms with Gasteiger partial charge in [0.25, 0.3) is 0 Å². The molecule has 1 heterocycles. The van der Waals surface area contributed by atoms with E-state index in [2.05, 4.69) is 56.1 Å². The minimum atomic E-state index is 0.532. The van der Waals surface area contributed by atoms with Gasteiger partial charge in [-0.1, -0.05) is 32.0 Å². The van der Waals surface area contributed by atoms with E-state index in [0.717, 1.165) is 17.8 Å². The van der Waals surface area contributed by atoms with Gasteiger partial charge in [0.2, 0.25) is 0 Å². The Morgan fingerprint density at radius 2 is 2.00 bits per heavy atom. The Morgan fingerprint density at radius 1 is 1.26 bits per heavy atom. The van der Waals surface area contributed by atoms with Crippen molar-refractivity contribution in [2.24, 2.45) is 5.73 Å². The van der Waals surface area contributed by atoms with E-state index in [1.54, 1.807) is 0 Å². The molecule has 0 radical (unpaired) electrons. The Bertz CT molecular complexity index is 567. The molecule has 1 aromatic heterocycles. The van der Waals surface area contributed by atoms with Crippen LogP contribution in [0, 0.1) is 13.8 Å². The van der Waals surface area contributed by atoms with Crippen LogP contribution in [0.15, 0.2) is 18.2 Å². The van der Waals surface area contributed by atoms with Gasteiger partial charge < -0.3 is 5.73 Å². The summed E-state index contributed by atoms with van der Waals surface area (Å²) in [6.45, 7) is 9.29. The molecule has 1 aromatic carbocycles. The molecule has 0 atom stereocenters. The van der Waals surface area contributed by atoms with E-state index in [4.69, 9.17) is 5.73 Å². The number of nitrogens with one attached hydrogen (secondary N) is 1. The fourth-order valence-electron chi connectivity index (χ4n) is 2.42. The molecule has 0 saturated carbocycles. The number of nitrogens with two attached hydrogens (primary N) is 1. The predicted molar refractivity (Wildman–Crippen MR) is 80.3 cm³/mol. The lowest BCUT2D eigenvalue weighted by atomic mass is 9.92. The second-order valence-corrected chi connectivity index (χ2v) is 5.44. The number of aromatic amines is 1. The average molecular weight is 257 g/mol. The summed E-state index contributed by atoms with van der Waals surface area (Å²) < 4.78 is 0. The highest BCUT2D eigenvalue weighted by Crippen LogP contribution is 2.31. The SMILES string of the molecule is Cc1ccc(C(C)C)cc1-c1c(CCN)n[nH]c1C. The quantitative estimate of drug-likeness (QED) is 0.882. The van der Waals surface area contributed by atoms with Gasteiger partial charge in [-0.25, -0.2) is 0 Å². The highest BCUT2D eigenvalue weighted by molar-refractivity contribution is 5.72. The van der Waals surface area contributed by atoms with Crippen molar-refractivity contribution in [2.45, 2.75) is 40.0 Å². The molecule has 2 aromatic rings. The molecule has 19 heavy (non-hydrogen) atoms. The van der Waals surface area contributed by atoms with Gasteiger partial charge in [-0.2, -0.15) is 5.10 Å². The first-order valence-corrected chi connectivity index (χ1v) is 6.89. The van der Waals surface area contributed by atoms with Gasteiger partial charge in [-0.3, -0.25) is 5.10 Å². The van der Waals surface area contributed by atoms with E-state index in [-0.39, 0.29) is 0 Å². The molecule has 0 amide bonds. The van der Waals surface area contributed by atoms with Crippen molar-refractivity contribution in [3.8, 4) is 11.1 Å². The van der Waals surface area contributed by atoms with Crippen LogP contribution in [0.25, 0.3) is 11.1 Å². The number of hydrogen-bond donors (Lipinski definition) is 2. The number of benzene rings is 1. The number of H-pyrrole nitrogens is 1. The number of nitrogens with zero attached hydrogens (tertiary/aromatic N) is 1. The van der Waals surface area contributed by atoms with Gasteiger partial charge in [0, 0.05) is 17.7 Å². The summed E-state index contributed by atoms with van der Waals surface area (Å²) in [5.74, 6) is 0.532. The first-order valence-electron chi connectivity index (χ1n) is 6.89. The van der Waals surface area contributed by atoms with Crippen LogP contribution in [0.2, 0.25) is 0 Å². The van der Waals surface area contributed by atoms with Gasteiger partial charge in [0.05, 0.1) is 5.69 Å². The Morgan fingerprint density at radius 3 is 2.63 bits per heavy atom. The minimum absolute atomic E-state index is 0.532. The van der Waals surface area contributed by atoms with E-state index in [1.807, 2.05) is 0 Å². The lowest BCUT2D eigenvalue weighted by Gasteiger charge is -2.12. The molecule has 0 aliphatic heterocycles. The standard InChI is InChI=1S/C16H23N3/c1-10(2)13-6-5-11(3)14(9-13)16-12(4)18-19-15(16)7-8-17/h5-6,9-10H,7-8,17H2,1-4H3,(H,18,19). The molecule has 3 heteroatoms. The summed E-state index contributed by atoms with van der Waals surface area (Å²) in [6.07, 6.45) is 0.811. The predicted octanol–water partition coefficient (Wildman–Crippen LogP) is 3.32. The van der Waals surface area contributed by atoms with Crippen LogP contribution >= 0.6 is 0 Å². The summed E-state index contributed by atoms with van der Waals surface area (Å²) in [5.41, 5.74) is 13.0. The van der Waals surface area contributed by atoms with Crippen molar-refractivity contribution in [1.82, 2.24) is 10.2 Å². The van der Waals surface area contributed by atoms with Gasteiger partial charge in [-0.05, 0) is 43.0 Å². The zero-order valence-electron chi connectivity index (χ0n) is 12.2. The Hall–Kier alpha value is -1.61. The molecule has 0 aliphatic carbocycles. The van der Waals surface area contributed by atoms with Crippen molar-refractivity contribution in [2.75, 3.05) is 6.54 Å². The molecule has 0 bridgehead atoms. The van der Waals surface area contributed by atoms with Crippen LogP contribution in [-0.2, 0) is 6.42 Å². The van der Waals surface area contributed by atoms with Gasteiger partial charge in [0.15, 0.2) is 0 Å². The normalized spacial score (nSPS) is 11.3. The number of aryl methyl sites for hydroxylation is 2. The molecule has 0 aliphatic rings. The molecular formula is C16H23N3. The largest absolute Gasteiger partial charge is 0.330 e. The second-order valence-electron chi connectivity index (χ2n) is 5.44. The number of hydrogen-bond acceptors (Lipinski definition) is 2. The smallest absolute Gasteiger partial charge is 0.0715 e. The fourth-order valence-corrected chi connectivity index (χ4v) is 2.42. The lowest BCUT2D eigenvalue weighted by Crippen LogP contribution is -2.04. The molecule has 0 unspecified atom stereocenters. The Kier molecular flexibility index (Phi) is 4.05. The van der Waals surface area contributed by atoms with Crippen molar-refractivity contribution >= 4 is 0 Å². The molecule has 2 rings (SSSR count). The third-order valence-electron chi connectivity index (χ3n) is 3.60. The Labute approximate surface area is 115 Å². The van der Waals surface area contributed by atoms with Crippen LogP contribution in [0.4, 0.5) is 0 Å². The molecule has 102 valence electrons. The third-order valence-corrected chi connectivity index (χ3v) is 3.60. The first-order chi connectivity index (χ1) is 9.04. The van der Waals surface area contributed by atoms with Gasteiger partial charge in [-0.15, -0.1) is 0 Å². The molecule has 3 nitrogen and oxygen atoms in total. The topological polar surface area (TPSA) is 54.7 Å². The first kappa shape index (κ1) is 13.8. The third kappa shape index (κ3) is 2.71. The van der Waals surface area contributed by atoms with Crippen LogP contribution in [-0.4, -0.2) is 16.7 Å². The zero-order chi connectivity index (χ0) is 14.0. The molecule has 3 N–H and O–H groups in total. The van der Waals surface area contributed by atoms with Crippen LogP contribution < -0.4 is 5.73 Å². The maximum atomic E-state index is 5.68. The second kappa shape index (κ2) is 5.57. The monoisotopic (exact) mass is 257 g/mol. The molecular weight excluding hydrogens is 234 g/mol. The summed E-state index contributed by atoms with van der Waals surface area (Å²) in [7, 11) is 0. The van der Waals surface area contributed by atoms with E-state index in [9.17, 15) is 0 Å². The average Bonchev–Trinajstić information content (AvgIpc) is 2.72. The lowest BCUT2D eigenvalue weighted by molar-refractivity contribution is 0.866. The minimum Gasteiger partial charge on any atom is -0.330 e. The van der Waals surface area contributed by atoms with Gasteiger partial charge >= 0.3 is 0 Å². The van der Waals surface area contributed by atoms with Crippen molar-refractivity contribution in [3.05, 3.63) is 40.7 Å². The summed E-state index contributed by atoms with van der Waals surface area (Å²) in [5, 5.41) is 7.48. The highest BCUT2D eigenvalue weighted by atomic mass is 15.1. The molecule has 0 spiro atoms. The maximum Gasteiger partial charge on any atom is 0.0715 e. The summed E-state index contributed by atoms with van der Waals surface area (Å²) >= 11 is 0. The highest BCUT2D eigenvalue weighted by Gasteiger charge is 2.15. The zero-order valence-corrected chi connectivity index (χ0v) is 12.2. The van der Waals surface area contributed by atoms with Crippen LogP contribution in [0.3, 0.4) is 0 Å². The van der Waals surface area contributed by atoms with Crippen LogP contribution in [0.1, 0.15) is 42.3 Å². The molecule has 0 saturated heterocycles. The van der Waals surface area contributed by atoms with Crippen molar-refractivity contribution < 1.29 is 0 Å². The van der Waals surface area contributed by atoms with Gasteiger partial charge in [0.1, 0.15) is 0 Å². The summed E-state index contributed by atoms with van der Waals surface area (Å²) in [4.78, 5) is 0.